The first kappa shape index (κ1) is 40.8. The fourth-order valence-corrected chi connectivity index (χ4v) is 8.98. The Bertz CT molecular complexity index is 2710. The van der Waals surface area contributed by atoms with Gasteiger partial charge in [0.15, 0.2) is 0 Å². The van der Waals surface area contributed by atoms with Crippen molar-refractivity contribution in [3.8, 4) is 22.3 Å². The number of allylic oxidation sites excluding steroid dienone is 3. The number of halogens is 2. The minimum atomic E-state index is -0.708. The van der Waals surface area contributed by atoms with E-state index in [1.54, 1.807) is 19.9 Å². The van der Waals surface area contributed by atoms with Crippen LogP contribution in [0.2, 0.25) is 0 Å². The Labute approximate surface area is 334 Å². The van der Waals surface area contributed by atoms with Crippen LogP contribution in [-0.4, -0.2) is 0 Å². The lowest BCUT2D eigenvalue weighted by Crippen LogP contribution is -1.87. The fourth-order valence-electron chi connectivity index (χ4n) is 6.51. The van der Waals surface area contributed by atoms with E-state index in [4.69, 9.17) is 4.42 Å². The summed E-state index contributed by atoms with van der Waals surface area (Å²) in [6.07, 6.45) is 1.75. The zero-order valence-corrected chi connectivity index (χ0v) is 34.7. The van der Waals surface area contributed by atoms with Gasteiger partial charge in [0.25, 0.3) is 0 Å². The number of furan rings is 1. The smallest absolute Gasteiger partial charge is 0.143 e. The van der Waals surface area contributed by atoms with Gasteiger partial charge in [-0.05, 0) is 49.2 Å². The molecule has 3 aromatic heterocycles. The molecule has 0 amide bonds. The average Bonchev–Trinajstić information content (AvgIpc) is 3.91. The third-order valence-electron chi connectivity index (χ3n) is 8.74. The Morgan fingerprint density at radius 1 is 0.630 bits per heavy atom. The number of para-hydroxylation sites is 1. The second kappa shape index (κ2) is 18.8. The van der Waals surface area contributed by atoms with E-state index in [2.05, 4.69) is 151 Å². The van der Waals surface area contributed by atoms with Gasteiger partial charge in [-0.25, -0.2) is 8.78 Å². The topological polar surface area (TPSA) is 13.1 Å². The normalized spacial score (nSPS) is 11.3. The highest BCUT2D eigenvalue weighted by molar-refractivity contribution is 8.59. The highest BCUT2D eigenvalue weighted by Gasteiger charge is 2.17. The lowest BCUT2D eigenvalue weighted by molar-refractivity contribution is 0.463. The molecule has 7 heteroatoms. The predicted octanol–water partition coefficient (Wildman–Crippen LogP) is 17.4. The SMILES string of the molecule is C/C(F)=C(/F)C(C)C.C=CC.CC.SS.c1ccc2c(c1)sc1c(-c3ccc4oc5c(-c6cccc7c6sc6ccccc67)cccc5c4c3)cccc12. The zero-order valence-electron chi connectivity index (χ0n) is 31.3. The summed E-state index contributed by atoms with van der Waals surface area (Å²) in [6.45, 7) is 13.6. The van der Waals surface area contributed by atoms with Crippen LogP contribution in [0.4, 0.5) is 8.78 Å². The number of hydrogen-bond acceptors (Lipinski definition) is 5. The van der Waals surface area contributed by atoms with Gasteiger partial charge in [-0.15, -0.1) is 52.6 Å². The zero-order chi connectivity index (χ0) is 38.9. The van der Waals surface area contributed by atoms with Gasteiger partial charge in [0.05, 0.1) is 0 Å². The number of thiol groups is 2. The summed E-state index contributed by atoms with van der Waals surface area (Å²) in [5.74, 6) is -1.68. The van der Waals surface area contributed by atoms with E-state index >= 15 is 0 Å². The highest BCUT2D eigenvalue weighted by Crippen LogP contribution is 2.45. The van der Waals surface area contributed by atoms with Crippen LogP contribution in [-0.2, 0) is 0 Å². The minimum Gasteiger partial charge on any atom is -0.455 e. The molecule has 9 rings (SSSR count). The van der Waals surface area contributed by atoms with Crippen LogP contribution in [0, 0.1) is 5.92 Å². The Morgan fingerprint density at radius 3 is 1.61 bits per heavy atom. The number of fused-ring (bicyclic) bond motifs is 9. The van der Waals surface area contributed by atoms with Crippen molar-refractivity contribution in [3.05, 3.63) is 146 Å². The quantitative estimate of drug-likeness (QED) is 0.103. The minimum absolute atomic E-state index is 0.319. The summed E-state index contributed by atoms with van der Waals surface area (Å²) in [6, 6.07) is 43.9. The van der Waals surface area contributed by atoms with Crippen molar-refractivity contribution in [1.82, 2.24) is 0 Å². The van der Waals surface area contributed by atoms with Crippen LogP contribution in [0.15, 0.2) is 150 Å². The first-order valence-corrected chi connectivity index (χ1v) is 21.1. The monoisotopic (exact) mass is 790 g/mol. The van der Waals surface area contributed by atoms with Gasteiger partial charge in [-0.1, -0.05) is 131 Å². The molecule has 0 bridgehead atoms. The number of thiophene rings is 2. The molecule has 9 aromatic rings. The van der Waals surface area contributed by atoms with Gasteiger partial charge in [0.1, 0.15) is 22.8 Å². The lowest BCUT2D eigenvalue weighted by atomic mass is 9.98. The third kappa shape index (κ3) is 8.15. The maximum Gasteiger partial charge on any atom is 0.143 e. The molecule has 3 heterocycles. The molecule has 0 radical (unpaired) electrons. The van der Waals surface area contributed by atoms with E-state index in [1.807, 2.05) is 43.4 Å². The van der Waals surface area contributed by atoms with Crippen molar-refractivity contribution in [3.63, 3.8) is 0 Å². The first-order valence-electron chi connectivity index (χ1n) is 17.9. The van der Waals surface area contributed by atoms with Gasteiger partial charge in [0, 0.05) is 68.2 Å². The molecular formula is C47H44F2OS4. The molecule has 0 saturated heterocycles. The number of benzene rings is 6. The summed E-state index contributed by atoms with van der Waals surface area (Å²) in [7, 11) is 0. The Hall–Kier alpha value is -4.40. The van der Waals surface area contributed by atoms with E-state index in [9.17, 15) is 8.78 Å². The summed E-state index contributed by atoms with van der Waals surface area (Å²) in [5.41, 5.74) is 6.75. The van der Waals surface area contributed by atoms with Crippen molar-refractivity contribution in [2.45, 2.75) is 41.5 Å². The molecule has 1 nitrogen and oxygen atoms in total. The second-order valence-electron chi connectivity index (χ2n) is 12.5. The number of rotatable bonds is 3. The summed E-state index contributed by atoms with van der Waals surface area (Å²) >= 11 is 10.2. The molecule has 0 unspecified atom stereocenters. The number of hydrogen-bond donors (Lipinski definition) is 2. The summed E-state index contributed by atoms with van der Waals surface area (Å²) in [4.78, 5) is 0. The molecule has 0 atom stereocenters. The van der Waals surface area contributed by atoms with Crippen LogP contribution < -0.4 is 0 Å². The summed E-state index contributed by atoms with van der Waals surface area (Å²) in [5, 5.41) is 7.59. The van der Waals surface area contributed by atoms with Gasteiger partial charge >= 0.3 is 0 Å². The van der Waals surface area contributed by atoms with Gasteiger partial charge in [0.2, 0.25) is 0 Å². The highest BCUT2D eigenvalue weighted by atomic mass is 33.1. The molecule has 54 heavy (non-hydrogen) atoms. The molecule has 0 aliphatic heterocycles. The molecular weight excluding hydrogens is 747 g/mol. The second-order valence-corrected chi connectivity index (χ2v) is 14.6. The molecule has 0 saturated carbocycles. The molecule has 0 N–H and O–H groups in total. The van der Waals surface area contributed by atoms with E-state index in [-0.39, 0.29) is 5.92 Å². The Kier molecular flexibility index (Phi) is 14.2. The maximum absolute atomic E-state index is 12.2. The van der Waals surface area contributed by atoms with Gasteiger partial charge < -0.3 is 4.42 Å². The van der Waals surface area contributed by atoms with E-state index in [0.29, 0.717) is 0 Å². The van der Waals surface area contributed by atoms with Crippen LogP contribution in [0.3, 0.4) is 0 Å². The fraction of sp³-hybridized carbons (Fsp3) is 0.149. The van der Waals surface area contributed by atoms with E-state index in [1.165, 1.54) is 57.0 Å². The van der Waals surface area contributed by atoms with Gasteiger partial charge in [-0.2, -0.15) is 0 Å². The molecule has 0 fully saturated rings. The maximum atomic E-state index is 12.2. The average molecular weight is 791 g/mol. The van der Waals surface area contributed by atoms with E-state index in [0.717, 1.165) is 34.4 Å². The third-order valence-corrected chi connectivity index (χ3v) is 11.2. The molecule has 276 valence electrons. The van der Waals surface area contributed by atoms with Gasteiger partial charge in [-0.3, -0.25) is 0 Å². The molecule has 0 spiro atoms. The first-order chi connectivity index (χ1) is 26.3. The van der Waals surface area contributed by atoms with Crippen LogP contribution >= 0.6 is 46.0 Å². The van der Waals surface area contributed by atoms with E-state index < -0.39 is 11.7 Å². The van der Waals surface area contributed by atoms with Crippen molar-refractivity contribution < 1.29 is 13.2 Å². The van der Waals surface area contributed by atoms with Crippen molar-refractivity contribution in [2.75, 3.05) is 0 Å². The molecule has 0 aliphatic carbocycles. The Balaban J connectivity index is 0.000000325. The van der Waals surface area contributed by atoms with Crippen LogP contribution in [0.1, 0.15) is 41.5 Å². The van der Waals surface area contributed by atoms with Crippen LogP contribution in [0.25, 0.3) is 84.5 Å². The Morgan fingerprint density at radius 2 is 1.09 bits per heavy atom. The lowest BCUT2D eigenvalue weighted by Gasteiger charge is -2.05. The molecule has 6 aromatic carbocycles. The van der Waals surface area contributed by atoms with Crippen molar-refractivity contribution >= 4 is 108 Å². The largest absolute Gasteiger partial charge is 0.455 e. The van der Waals surface area contributed by atoms with Crippen molar-refractivity contribution in [2.24, 2.45) is 5.92 Å². The molecule has 0 aliphatic rings. The van der Waals surface area contributed by atoms with Crippen LogP contribution in [0.5, 0.6) is 0 Å². The van der Waals surface area contributed by atoms with Crippen molar-refractivity contribution in [1.29, 1.82) is 0 Å². The predicted molar refractivity (Wildman–Crippen MR) is 245 cm³/mol. The summed E-state index contributed by atoms with van der Waals surface area (Å²) < 4.78 is 35.9. The standard InChI is InChI=1S/C36H20OS2.C6H10F2.C3H6.C2H6.H2S2/c1-3-16-32-23(8-1)27-13-5-10-22(35(27)38-32)21-18-19-31-30(20-21)26-12-6-11-25(34(26)37-31)29-15-7-14-28-24-9-2-4-17-33(24)39-36(28)29;1-4(2)6(8)5(3)7;1-3-2;2*1-2/h1-20H;4H,1-3H3;3H,1H2,2H3;1-2H3;1-2H/b;6-5-;;;.